The van der Waals surface area contributed by atoms with E-state index < -0.39 is 6.10 Å². The number of amides is 1. The molecule has 1 amide bonds. The van der Waals surface area contributed by atoms with Gasteiger partial charge in [-0.15, -0.1) is 0 Å². The molecule has 5 nitrogen and oxygen atoms in total. The van der Waals surface area contributed by atoms with Crippen LogP contribution in [-0.4, -0.2) is 54.9 Å². The normalized spacial score (nSPS) is 25.2. The van der Waals surface area contributed by atoms with Crippen molar-refractivity contribution in [3.05, 3.63) is 59.4 Å². The Morgan fingerprint density at radius 2 is 2.03 bits per heavy atom. The van der Waals surface area contributed by atoms with Crippen molar-refractivity contribution in [3.8, 4) is 11.1 Å². The zero-order chi connectivity index (χ0) is 25.7. The van der Waals surface area contributed by atoms with Crippen LogP contribution in [0.3, 0.4) is 0 Å². The summed E-state index contributed by atoms with van der Waals surface area (Å²) in [4.78, 5) is 15.3. The average Bonchev–Trinajstić information content (AvgIpc) is 3.21. The second-order valence-electron chi connectivity index (χ2n) is 10.8. The fourth-order valence-electron chi connectivity index (χ4n) is 6.26. The van der Waals surface area contributed by atoms with Gasteiger partial charge in [0.25, 0.3) is 0 Å². The molecule has 0 unspecified atom stereocenters. The van der Waals surface area contributed by atoms with E-state index in [1.165, 1.54) is 0 Å². The summed E-state index contributed by atoms with van der Waals surface area (Å²) in [6.45, 7) is 4.14. The van der Waals surface area contributed by atoms with E-state index in [4.69, 9.17) is 10.5 Å². The molecule has 2 fully saturated rings. The Labute approximate surface area is 214 Å². The third-order valence-corrected chi connectivity index (χ3v) is 8.13. The lowest BCUT2D eigenvalue weighted by atomic mass is 9.75. The number of aliphatic hydroxyl groups is 1. The number of carbonyl (C=O) groups excluding carboxylic acids is 1. The molecule has 2 aliphatic rings. The van der Waals surface area contributed by atoms with E-state index in [0.717, 1.165) is 55.3 Å². The molecule has 4 rings (SSSR count). The molecule has 3 N–H and O–H groups in total. The minimum atomic E-state index is -0.600. The van der Waals surface area contributed by atoms with Crippen LogP contribution in [0.1, 0.15) is 62.0 Å². The predicted molar refractivity (Wildman–Crippen MR) is 141 cm³/mol. The molecule has 0 aromatic heterocycles. The molecule has 6 heteroatoms. The van der Waals surface area contributed by atoms with Gasteiger partial charge in [-0.25, -0.2) is 4.39 Å². The van der Waals surface area contributed by atoms with E-state index in [9.17, 15) is 9.90 Å². The van der Waals surface area contributed by atoms with Gasteiger partial charge in [0, 0.05) is 44.3 Å². The monoisotopic (exact) mass is 496 g/mol. The quantitative estimate of drug-likeness (QED) is 0.477. The highest BCUT2D eigenvalue weighted by atomic mass is 19.1. The molecule has 2 aromatic rings. The van der Waals surface area contributed by atoms with Crippen molar-refractivity contribution < 1.29 is 19.0 Å². The Balaban J connectivity index is 1.62. The number of hydrogen-bond acceptors (Lipinski definition) is 4. The van der Waals surface area contributed by atoms with Crippen molar-refractivity contribution in [3.63, 3.8) is 0 Å². The zero-order valence-corrected chi connectivity index (χ0v) is 21.7. The number of carbonyl (C=O) groups is 1. The summed E-state index contributed by atoms with van der Waals surface area (Å²) in [5.74, 6) is 0.0993. The Bertz CT molecular complexity index is 1020. The first-order chi connectivity index (χ1) is 17.4. The van der Waals surface area contributed by atoms with Gasteiger partial charge in [-0.1, -0.05) is 48.4 Å². The summed E-state index contributed by atoms with van der Waals surface area (Å²) in [6.07, 6.45) is 5.19. The molecule has 0 bridgehead atoms. The Hall–Kier alpha value is -2.28. The molecule has 5 atom stereocenters. The van der Waals surface area contributed by atoms with Crippen LogP contribution in [0, 0.1) is 24.6 Å². The van der Waals surface area contributed by atoms with Crippen LogP contribution in [0.5, 0.6) is 0 Å². The number of nitrogens with zero attached hydrogens (tertiary/aromatic N) is 1. The van der Waals surface area contributed by atoms with Crippen LogP contribution >= 0.6 is 0 Å². The van der Waals surface area contributed by atoms with Crippen LogP contribution < -0.4 is 5.73 Å². The molecule has 196 valence electrons. The van der Waals surface area contributed by atoms with Gasteiger partial charge in [-0.05, 0) is 74.5 Å². The SMILES string of the molecule is COCCCC[C@@H](c1cccc(F)c1-c1cccc(C)c1)[C@@H]1CCCN(C(=O)[C@H]2C[C@@H](N)[C@@H](O)C2)C1. The van der Waals surface area contributed by atoms with Gasteiger partial charge >= 0.3 is 0 Å². The summed E-state index contributed by atoms with van der Waals surface area (Å²) in [5, 5.41) is 10.1. The number of hydrogen-bond donors (Lipinski definition) is 2. The maximum atomic E-state index is 15.4. The lowest BCUT2D eigenvalue weighted by Gasteiger charge is -2.39. The lowest BCUT2D eigenvalue weighted by molar-refractivity contribution is -0.137. The standard InChI is InChI=1S/C30H41FN2O3/c1-20-8-5-9-21(16-20)29-25(12-6-13-26(29)31)24(11-3-4-15-36-2)22-10-7-14-33(19-22)30(35)23-17-27(32)28(34)18-23/h5-6,8-9,12-13,16,22-24,27-28,34H,3-4,7,10-11,14-15,17-19,32H2,1-2H3/t22-,23+,24-,27-,28+/m1/s1. The van der Waals surface area contributed by atoms with Gasteiger partial charge in [-0.3, -0.25) is 4.79 Å². The number of unbranched alkanes of at least 4 members (excludes halogenated alkanes) is 1. The molecular formula is C30H41FN2O3. The molecular weight excluding hydrogens is 455 g/mol. The molecule has 0 spiro atoms. The number of nitrogens with two attached hydrogens (primary N) is 1. The smallest absolute Gasteiger partial charge is 0.225 e. The van der Waals surface area contributed by atoms with Crippen molar-refractivity contribution in [2.24, 2.45) is 17.6 Å². The van der Waals surface area contributed by atoms with Crippen molar-refractivity contribution in [2.75, 3.05) is 26.8 Å². The van der Waals surface area contributed by atoms with E-state index in [2.05, 4.69) is 12.1 Å². The number of likely N-dealkylation sites (tertiary alicyclic amines) is 1. The van der Waals surface area contributed by atoms with Gasteiger partial charge in [0.1, 0.15) is 5.82 Å². The molecule has 1 aliphatic heterocycles. The van der Waals surface area contributed by atoms with Crippen LogP contribution in [-0.2, 0) is 9.53 Å². The summed E-state index contributed by atoms with van der Waals surface area (Å²) in [7, 11) is 1.72. The van der Waals surface area contributed by atoms with Crippen molar-refractivity contribution in [1.82, 2.24) is 4.90 Å². The van der Waals surface area contributed by atoms with Crippen LogP contribution in [0.15, 0.2) is 42.5 Å². The number of rotatable bonds is 9. The third-order valence-electron chi connectivity index (χ3n) is 8.13. The van der Waals surface area contributed by atoms with Crippen molar-refractivity contribution >= 4 is 5.91 Å². The largest absolute Gasteiger partial charge is 0.391 e. The fourth-order valence-corrected chi connectivity index (χ4v) is 6.26. The Morgan fingerprint density at radius 3 is 2.75 bits per heavy atom. The van der Waals surface area contributed by atoms with Gasteiger partial charge in [0.15, 0.2) is 0 Å². The predicted octanol–water partition coefficient (Wildman–Crippen LogP) is 5.04. The third kappa shape index (κ3) is 6.16. The zero-order valence-electron chi connectivity index (χ0n) is 21.7. The van der Waals surface area contributed by atoms with E-state index in [-0.39, 0.29) is 35.5 Å². The molecule has 36 heavy (non-hydrogen) atoms. The van der Waals surface area contributed by atoms with Gasteiger partial charge < -0.3 is 20.5 Å². The number of ether oxygens (including phenoxy) is 1. The van der Waals surface area contributed by atoms with Crippen LogP contribution in [0.25, 0.3) is 11.1 Å². The highest BCUT2D eigenvalue weighted by Crippen LogP contribution is 2.42. The first kappa shape index (κ1) is 26.8. The van der Waals surface area contributed by atoms with Crippen molar-refractivity contribution in [2.45, 2.75) is 69.9 Å². The minimum absolute atomic E-state index is 0.114. The number of aryl methyl sites for hydroxylation is 1. The van der Waals surface area contributed by atoms with E-state index in [1.54, 1.807) is 13.2 Å². The van der Waals surface area contributed by atoms with Gasteiger partial charge in [-0.2, -0.15) is 0 Å². The summed E-state index contributed by atoms with van der Waals surface area (Å²) >= 11 is 0. The van der Waals surface area contributed by atoms with E-state index in [1.807, 2.05) is 36.1 Å². The highest BCUT2D eigenvalue weighted by Gasteiger charge is 2.39. The maximum absolute atomic E-state index is 15.4. The van der Waals surface area contributed by atoms with Crippen LogP contribution in [0.2, 0.25) is 0 Å². The van der Waals surface area contributed by atoms with Crippen molar-refractivity contribution in [1.29, 1.82) is 0 Å². The Morgan fingerprint density at radius 1 is 1.22 bits per heavy atom. The number of methoxy groups -OCH3 is 1. The molecule has 0 radical (unpaired) electrons. The van der Waals surface area contributed by atoms with E-state index >= 15 is 4.39 Å². The Kier molecular flexibility index (Phi) is 9.15. The average molecular weight is 497 g/mol. The topological polar surface area (TPSA) is 75.8 Å². The minimum Gasteiger partial charge on any atom is -0.391 e. The number of aliphatic hydroxyl groups excluding tert-OH is 1. The molecule has 2 aromatic carbocycles. The first-order valence-electron chi connectivity index (χ1n) is 13.5. The second-order valence-corrected chi connectivity index (χ2v) is 10.8. The van der Waals surface area contributed by atoms with E-state index in [0.29, 0.717) is 31.6 Å². The highest BCUT2D eigenvalue weighted by molar-refractivity contribution is 5.79. The second kappa shape index (κ2) is 12.3. The van der Waals surface area contributed by atoms with Crippen LogP contribution in [0.4, 0.5) is 4.39 Å². The first-order valence-corrected chi connectivity index (χ1v) is 13.5. The number of piperidine rings is 1. The molecule has 1 heterocycles. The number of halogens is 1. The molecule has 1 saturated heterocycles. The lowest BCUT2D eigenvalue weighted by Crippen LogP contribution is -2.44. The van der Waals surface area contributed by atoms with Gasteiger partial charge in [0.05, 0.1) is 6.10 Å². The fraction of sp³-hybridized carbons (Fsp3) is 0.567. The van der Waals surface area contributed by atoms with Gasteiger partial charge in [0.2, 0.25) is 5.91 Å². The summed E-state index contributed by atoms with van der Waals surface area (Å²) in [5.41, 5.74) is 9.73. The summed E-state index contributed by atoms with van der Waals surface area (Å²) in [6, 6.07) is 13.2. The summed E-state index contributed by atoms with van der Waals surface area (Å²) < 4.78 is 20.7. The number of benzene rings is 2. The molecule has 1 aliphatic carbocycles. The molecule has 1 saturated carbocycles. The maximum Gasteiger partial charge on any atom is 0.225 e.